The van der Waals surface area contributed by atoms with Crippen LogP contribution in [0.4, 0.5) is 17.3 Å². The fourth-order valence-electron chi connectivity index (χ4n) is 4.94. The van der Waals surface area contributed by atoms with Crippen molar-refractivity contribution in [3.8, 4) is 11.5 Å². The number of aryl methyl sites for hydroxylation is 1. The van der Waals surface area contributed by atoms with E-state index < -0.39 is 0 Å². The van der Waals surface area contributed by atoms with Gasteiger partial charge in [0.2, 0.25) is 5.95 Å². The first-order valence-corrected chi connectivity index (χ1v) is 12.9. The third-order valence-electron chi connectivity index (χ3n) is 7.14. The first-order valence-electron chi connectivity index (χ1n) is 12.9. The molecule has 0 aliphatic carbocycles. The van der Waals surface area contributed by atoms with Gasteiger partial charge >= 0.3 is 0 Å². The predicted octanol–water partition coefficient (Wildman–Crippen LogP) is 5.20. The molecule has 4 heterocycles. The molecular formula is C30H36N6O. The number of likely N-dealkylation sites (N-methyl/N-ethyl adjacent to an activating group) is 1. The lowest BCUT2D eigenvalue weighted by atomic mass is 10.1. The van der Waals surface area contributed by atoms with Crippen molar-refractivity contribution in [2.24, 2.45) is 0 Å². The Balaban J connectivity index is 1.28. The van der Waals surface area contributed by atoms with Gasteiger partial charge in [0.05, 0.1) is 0 Å². The number of rotatable bonds is 8. The molecule has 0 atom stereocenters. The van der Waals surface area contributed by atoms with Gasteiger partial charge < -0.3 is 19.5 Å². The molecule has 5 rings (SSSR count). The van der Waals surface area contributed by atoms with Crippen molar-refractivity contribution in [2.45, 2.75) is 19.9 Å². The second-order valence-electron chi connectivity index (χ2n) is 9.89. The van der Waals surface area contributed by atoms with Crippen LogP contribution >= 0.6 is 0 Å². The Kier molecular flexibility index (Phi) is 7.53. The van der Waals surface area contributed by atoms with Crippen molar-refractivity contribution in [3.63, 3.8) is 0 Å². The van der Waals surface area contributed by atoms with E-state index >= 15 is 0 Å². The zero-order valence-corrected chi connectivity index (χ0v) is 21.9. The van der Waals surface area contributed by atoms with Crippen LogP contribution in [0, 0.1) is 6.92 Å². The highest BCUT2D eigenvalue weighted by Crippen LogP contribution is 2.31. The SMILES string of the molecule is C=C/C=C(\C=C)CN1CCc2oc(-c3nc(Nc4ccc(N5CCN(C)CC5)cc4)ncc3C)cc2C1. The van der Waals surface area contributed by atoms with E-state index in [-0.39, 0.29) is 0 Å². The summed E-state index contributed by atoms with van der Waals surface area (Å²) >= 11 is 0. The highest BCUT2D eigenvalue weighted by atomic mass is 16.3. The molecule has 37 heavy (non-hydrogen) atoms. The van der Waals surface area contributed by atoms with Crippen LogP contribution in [0.1, 0.15) is 16.9 Å². The molecule has 0 saturated carbocycles. The minimum Gasteiger partial charge on any atom is -0.459 e. The van der Waals surface area contributed by atoms with Gasteiger partial charge in [-0.15, -0.1) is 0 Å². The molecule has 0 radical (unpaired) electrons. The number of nitrogens with zero attached hydrogens (tertiary/aromatic N) is 5. The molecule has 1 N–H and O–H groups in total. The summed E-state index contributed by atoms with van der Waals surface area (Å²) in [7, 11) is 2.18. The summed E-state index contributed by atoms with van der Waals surface area (Å²) in [4.78, 5) is 16.6. The highest BCUT2D eigenvalue weighted by molar-refractivity contribution is 5.63. The topological polar surface area (TPSA) is 60.7 Å². The summed E-state index contributed by atoms with van der Waals surface area (Å²) in [5, 5.41) is 3.36. The number of nitrogens with one attached hydrogen (secondary N) is 1. The lowest BCUT2D eigenvalue weighted by molar-refractivity contribution is 0.263. The number of benzene rings is 1. The van der Waals surface area contributed by atoms with Gasteiger partial charge in [0.25, 0.3) is 0 Å². The van der Waals surface area contributed by atoms with Gasteiger partial charge in [0.1, 0.15) is 11.5 Å². The molecule has 3 aromatic rings. The molecule has 0 amide bonds. The fourth-order valence-corrected chi connectivity index (χ4v) is 4.94. The van der Waals surface area contributed by atoms with Crippen LogP contribution in [0.3, 0.4) is 0 Å². The molecule has 0 unspecified atom stereocenters. The minimum atomic E-state index is 0.564. The van der Waals surface area contributed by atoms with E-state index in [1.54, 1.807) is 0 Å². The summed E-state index contributed by atoms with van der Waals surface area (Å²) in [6.07, 6.45) is 8.46. The number of allylic oxidation sites excluding steroid dienone is 2. The maximum absolute atomic E-state index is 6.29. The van der Waals surface area contributed by atoms with Crippen molar-refractivity contribution in [1.29, 1.82) is 0 Å². The van der Waals surface area contributed by atoms with Crippen molar-refractivity contribution < 1.29 is 4.42 Å². The number of hydrogen-bond donors (Lipinski definition) is 1. The van der Waals surface area contributed by atoms with Crippen molar-refractivity contribution >= 4 is 17.3 Å². The third-order valence-corrected chi connectivity index (χ3v) is 7.14. The number of piperazine rings is 1. The van der Waals surface area contributed by atoms with Crippen LogP contribution in [-0.2, 0) is 13.0 Å². The lowest BCUT2D eigenvalue weighted by Gasteiger charge is -2.34. The maximum Gasteiger partial charge on any atom is 0.227 e. The molecule has 7 heteroatoms. The summed E-state index contributed by atoms with van der Waals surface area (Å²) in [6, 6.07) is 10.6. The van der Waals surface area contributed by atoms with E-state index in [0.717, 1.165) is 80.7 Å². The quantitative estimate of drug-likeness (QED) is 0.430. The Morgan fingerprint density at radius 3 is 2.62 bits per heavy atom. The smallest absolute Gasteiger partial charge is 0.227 e. The summed E-state index contributed by atoms with van der Waals surface area (Å²) in [5.41, 5.74) is 6.41. The second kappa shape index (κ2) is 11.2. The Morgan fingerprint density at radius 1 is 1.11 bits per heavy atom. The van der Waals surface area contributed by atoms with E-state index in [4.69, 9.17) is 9.40 Å². The van der Waals surface area contributed by atoms with Crippen molar-refractivity contribution in [2.75, 3.05) is 56.5 Å². The Labute approximate surface area is 219 Å². The Bertz CT molecular complexity index is 1280. The third kappa shape index (κ3) is 5.84. The molecule has 1 fully saturated rings. The number of furan rings is 1. The van der Waals surface area contributed by atoms with Crippen LogP contribution in [0.2, 0.25) is 0 Å². The second-order valence-corrected chi connectivity index (χ2v) is 9.89. The van der Waals surface area contributed by atoms with Crippen LogP contribution in [0.25, 0.3) is 11.5 Å². The number of fused-ring (bicyclic) bond motifs is 1. The van der Waals surface area contributed by atoms with Crippen molar-refractivity contribution in [1.82, 2.24) is 19.8 Å². The number of aromatic nitrogens is 2. The molecule has 1 saturated heterocycles. The molecule has 1 aromatic carbocycles. The van der Waals surface area contributed by atoms with Gasteiger partial charge in [0.15, 0.2) is 5.76 Å². The van der Waals surface area contributed by atoms with Gasteiger partial charge in [-0.3, -0.25) is 4.90 Å². The highest BCUT2D eigenvalue weighted by Gasteiger charge is 2.23. The van der Waals surface area contributed by atoms with E-state index in [1.165, 1.54) is 16.8 Å². The first kappa shape index (κ1) is 25.0. The van der Waals surface area contributed by atoms with Crippen LogP contribution in [-0.4, -0.2) is 66.1 Å². The fraction of sp³-hybridized carbons (Fsp3) is 0.333. The zero-order valence-electron chi connectivity index (χ0n) is 21.9. The van der Waals surface area contributed by atoms with Gasteiger partial charge in [-0.2, -0.15) is 0 Å². The van der Waals surface area contributed by atoms with E-state index in [0.29, 0.717) is 5.95 Å². The van der Waals surface area contributed by atoms with Gasteiger partial charge in [-0.05, 0) is 55.4 Å². The average Bonchev–Trinajstić information content (AvgIpc) is 3.34. The van der Waals surface area contributed by atoms with E-state index in [9.17, 15) is 0 Å². The summed E-state index contributed by atoms with van der Waals surface area (Å²) in [6.45, 7) is 16.7. The largest absolute Gasteiger partial charge is 0.459 e. The van der Waals surface area contributed by atoms with Gasteiger partial charge in [-0.1, -0.05) is 31.4 Å². The molecular weight excluding hydrogens is 460 g/mol. The Hall–Kier alpha value is -3.68. The van der Waals surface area contributed by atoms with E-state index in [1.807, 2.05) is 31.3 Å². The van der Waals surface area contributed by atoms with Crippen LogP contribution < -0.4 is 10.2 Å². The molecule has 0 spiro atoms. The predicted molar refractivity (Wildman–Crippen MR) is 151 cm³/mol. The normalized spacial score (nSPS) is 16.9. The maximum atomic E-state index is 6.29. The summed E-state index contributed by atoms with van der Waals surface area (Å²) in [5.74, 6) is 2.41. The number of anilines is 3. The summed E-state index contributed by atoms with van der Waals surface area (Å²) < 4.78 is 6.29. The van der Waals surface area contributed by atoms with Crippen LogP contribution in [0.5, 0.6) is 0 Å². The molecule has 2 aliphatic rings. The standard InChI is InChI=1S/C30H36N6O/c1-5-7-23(6-2)20-35-13-12-27-24(21-35)18-28(37-27)29-22(3)19-31-30(33-29)32-25-8-10-26(11-9-25)36-16-14-34(4)15-17-36/h5-11,18-19H,1-2,12-17,20-21H2,3-4H3,(H,31,32,33)/b23-7+. The van der Waals surface area contributed by atoms with E-state index in [2.05, 4.69) is 75.5 Å². The Morgan fingerprint density at radius 2 is 1.89 bits per heavy atom. The molecule has 2 aliphatic heterocycles. The van der Waals surface area contributed by atoms with Gasteiger partial charge in [0, 0.05) is 75.4 Å². The van der Waals surface area contributed by atoms with Gasteiger partial charge in [-0.25, -0.2) is 9.97 Å². The number of hydrogen-bond acceptors (Lipinski definition) is 7. The minimum absolute atomic E-state index is 0.564. The molecule has 7 nitrogen and oxygen atoms in total. The monoisotopic (exact) mass is 496 g/mol. The molecule has 0 bridgehead atoms. The molecule has 192 valence electrons. The lowest BCUT2D eigenvalue weighted by Crippen LogP contribution is -2.44. The molecule has 2 aromatic heterocycles. The average molecular weight is 497 g/mol. The zero-order chi connectivity index (χ0) is 25.8. The first-order chi connectivity index (χ1) is 18.0. The van der Waals surface area contributed by atoms with Crippen LogP contribution in [0.15, 0.2) is 77.9 Å². The van der Waals surface area contributed by atoms with Crippen molar-refractivity contribution in [3.05, 3.63) is 90.4 Å².